The molecule has 1 heterocycles. The fourth-order valence-corrected chi connectivity index (χ4v) is 4.27. The van der Waals surface area contributed by atoms with Crippen LogP contribution in [-0.4, -0.2) is 31.7 Å². The van der Waals surface area contributed by atoms with E-state index in [1.165, 1.54) is 6.07 Å². The van der Waals surface area contributed by atoms with Gasteiger partial charge >= 0.3 is 6.18 Å². The van der Waals surface area contributed by atoms with E-state index >= 15 is 0 Å². The average molecular weight is 411 g/mol. The van der Waals surface area contributed by atoms with Crippen LogP contribution in [0.1, 0.15) is 17.5 Å². The molecule has 0 spiro atoms. The molecule has 142 valence electrons. The van der Waals surface area contributed by atoms with Crippen LogP contribution in [0, 0.1) is 5.92 Å². The second-order valence-corrected chi connectivity index (χ2v) is 8.28. The second kappa shape index (κ2) is 7.67. The smallest absolute Gasteiger partial charge is 0.273 e. The number of halogens is 4. The maximum atomic E-state index is 12.8. The Morgan fingerprint density at radius 1 is 1.23 bits per heavy atom. The molecule has 11 heteroatoms. The normalized spacial score (nSPS) is 19.5. The van der Waals surface area contributed by atoms with Gasteiger partial charge < -0.3 is 0 Å². The molecule has 1 saturated heterocycles. The van der Waals surface area contributed by atoms with Crippen molar-refractivity contribution in [3.8, 4) is 0 Å². The summed E-state index contributed by atoms with van der Waals surface area (Å²) in [6, 6.07) is 3.14. The predicted octanol–water partition coefficient (Wildman–Crippen LogP) is 1.95. The summed E-state index contributed by atoms with van der Waals surface area (Å²) in [4.78, 5) is 23.4. The van der Waals surface area contributed by atoms with Crippen molar-refractivity contribution in [1.82, 2.24) is 10.9 Å². The van der Waals surface area contributed by atoms with Crippen LogP contribution in [0.2, 0.25) is 5.02 Å². The molecule has 1 aromatic rings. The summed E-state index contributed by atoms with van der Waals surface area (Å²) in [5.74, 6) is -2.54. The third-order valence-corrected chi connectivity index (χ3v) is 5.73. The molecule has 0 radical (unpaired) electrons. The molecule has 0 aliphatic carbocycles. The Morgan fingerprint density at radius 3 is 2.50 bits per heavy atom. The number of rotatable bonds is 3. The molecule has 1 fully saturated rings. The van der Waals surface area contributed by atoms with Crippen molar-refractivity contribution in [2.45, 2.75) is 12.6 Å². The lowest BCUT2D eigenvalue weighted by Gasteiger charge is -2.10. The fourth-order valence-electron chi connectivity index (χ4n) is 2.30. The van der Waals surface area contributed by atoms with Crippen LogP contribution >= 0.6 is 11.6 Å². The Labute approximate surface area is 152 Å². The van der Waals surface area contributed by atoms with Crippen LogP contribution in [0.4, 0.5) is 13.2 Å². The van der Waals surface area contributed by atoms with Gasteiger partial charge in [-0.25, -0.2) is 8.42 Å². The van der Waals surface area contributed by atoms with Crippen molar-refractivity contribution < 1.29 is 31.2 Å². The molecular weight excluding hydrogens is 397 g/mol. The second-order valence-electron chi connectivity index (χ2n) is 5.65. The van der Waals surface area contributed by atoms with Crippen LogP contribution in [0.5, 0.6) is 0 Å². The van der Waals surface area contributed by atoms with E-state index in [1.807, 2.05) is 5.43 Å². The highest BCUT2D eigenvalue weighted by molar-refractivity contribution is 7.91. The third kappa shape index (κ3) is 5.46. The van der Waals surface area contributed by atoms with Crippen molar-refractivity contribution in [2.24, 2.45) is 5.92 Å². The molecule has 0 aromatic heterocycles. The SMILES string of the molecule is O=C(/C=C/c1ccc(Cl)c(C(F)(F)F)c1)NNC(=O)[C@H]1CCS(=O)(=O)C1. The minimum absolute atomic E-state index is 0.0863. The topological polar surface area (TPSA) is 92.3 Å². The molecule has 1 aromatic carbocycles. The average Bonchev–Trinajstić information content (AvgIpc) is 2.90. The molecule has 0 unspecified atom stereocenters. The first-order chi connectivity index (χ1) is 12.0. The molecule has 0 saturated carbocycles. The van der Waals surface area contributed by atoms with Gasteiger partial charge in [-0.2, -0.15) is 13.2 Å². The molecule has 2 amide bonds. The molecule has 1 aliphatic rings. The Morgan fingerprint density at radius 2 is 1.92 bits per heavy atom. The minimum atomic E-state index is -4.63. The van der Waals surface area contributed by atoms with Crippen LogP contribution in [0.15, 0.2) is 24.3 Å². The van der Waals surface area contributed by atoms with Crippen molar-refractivity contribution in [2.75, 3.05) is 11.5 Å². The molecular formula is C15H14ClF3N2O4S. The van der Waals surface area contributed by atoms with Crippen molar-refractivity contribution in [1.29, 1.82) is 0 Å². The lowest BCUT2D eigenvalue weighted by atomic mass is 10.1. The number of hydrazine groups is 1. The van der Waals surface area contributed by atoms with E-state index in [0.717, 1.165) is 24.3 Å². The van der Waals surface area contributed by atoms with Crippen LogP contribution in [0.3, 0.4) is 0 Å². The number of benzene rings is 1. The Kier molecular flexibility index (Phi) is 5.97. The highest BCUT2D eigenvalue weighted by Crippen LogP contribution is 2.35. The quantitative estimate of drug-likeness (QED) is 0.588. The highest BCUT2D eigenvalue weighted by Gasteiger charge is 2.34. The summed E-state index contributed by atoms with van der Waals surface area (Å²) in [6.07, 6.45) is -2.41. The number of carbonyl (C=O) groups is 2. The largest absolute Gasteiger partial charge is 0.417 e. The monoisotopic (exact) mass is 410 g/mol. The maximum Gasteiger partial charge on any atom is 0.417 e. The van der Waals surface area contributed by atoms with Gasteiger partial charge in [0.05, 0.1) is 28.0 Å². The zero-order valence-electron chi connectivity index (χ0n) is 13.1. The van der Waals surface area contributed by atoms with Crippen LogP contribution in [0.25, 0.3) is 6.08 Å². The van der Waals surface area contributed by atoms with Crippen LogP contribution in [-0.2, 0) is 25.6 Å². The van der Waals surface area contributed by atoms with Gasteiger partial charge in [-0.05, 0) is 30.2 Å². The van der Waals surface area contributed by atoms with E-state index in [-0.39, 0.29) is 23.5 Å². The molecule has 2 rings (SSSR count). The first-order valence-corrected chi connectivity index (χ1v) is 9.53. The minimum Gasteiger partial charge on any atom is -0.273 e. The predicted molar refractivity (Wildman–Crippen MR) is 88.5 cm³/mol. The van der Waals surface area contributed by atoms with Crippen LogP contribution < -0.4 is 10.9 Å². The summed E-state index contributed by atoms with van der Waals surface area (Å²) in [5, 5.41) is -0.460. The number of amides is 2. The number of nitrogens with one attached hydrogen (secondary N) is 2. The first kappa shape index (κ1) is 20.2. The van der Waals surface area contributed by atoms with Gasteiger partial charge in [0.2, 0.25) is 5.91 Å². The number of hydrogen-bond acceptors (Lipinski definition) is 4. The maximum absolute atomic E-state index is 12.8. The molecule has 26 heavy (non-hydrogen) atoms. The van der Waals surface area contributed by atoms with E-state index in [0.29, 0.717) is 0 Å². The fraction of sp³-hybridized carbons (Fsp3) is 0.333. The van der Waals surface area contributed by atoms with Gasteiger partial charge in [0, 0.05) is 6.08 Å². The summed E-state index contributed by atoms with van der Waals surface area (Å²) < 4.78 is 60.9. The number of alkyl halides is 3. The van der Waals surface area contributed by atoms with Gasteiger partial charge in [-0.3, -0.25) is 20.4 Å². The lowest BCUT2D eigenvalue weighted by Crippen LogP contribution is -2.44. The van der Waals surface area contributed by atoms with Crippen molar-refractivity contribution >= 4 is 39.3 Å². The first-order valence-electron chi connectivity index (χ1n) is 7.33. The van der Waals surface area contributed by atoms with E-state index < -0.39 is 44.3 Å². The van der Waals surface area contributed by atoms with E-state index in [1.54, 1.807) is 0 Å². The standard InChI is InChI=1S/C15H14ClF3N2O4S/c16-12-3-1-9(7-11(12)15(17,18)19)2-4-13(22)20-21-14(23)10-5-6-26(24,25)8-10/h1-4,7,10H,5-6,8H2,(H,20,22)(H,21,23)/b4-2+/t10-/m0/s1. The molecule has 1 atom stereocenters. The molecule has 6 nitrogen and oxygen atoms in total. The van der Waals surface area contributed by atoms with Gasteiger partial charge in [0.1, 0.15) is 0 Å². The van der Waals surface area contributed by atoms with Crippen molar-refractivity contribution in [3.63, 3.8) is 0 Å². The summed E-state index contributed by atoms with van der Waals surface area (Å²) in [7, 11) is -3.24. The summed E-state index contributed by atoms with van der Waals surface area (Å²) in [6.45, 7) is 0. The summed E-state index contributed by atoms with van der Waals surface area (Å²) >= 11 is 5.50. The molecule has 0 bridgehead atoms. The number of sulfone groups is 1. The highest BCUT2D eigenvalue weighted by atomic mass is 35.5. The molecule has 1 aliphatic heterocycles. The van der Waals surface area contributed by atoms with Gasteiger partial charge in [-0.15, -0.1) is 0 Å². The van der Waals surface area contributed by atoms with E-state index in [2.05, 4.69) is 5.43 Å². The van der Waals surface area contributed by atoms with Gasteiger partial charge in [-0.1, -0.05) is 17.7 Å². The molecule has 2 N–H and O–H groups in total. The Bertz CT molecular complexity index is 853. The summed E-state index contributed by atoms with van der Waals surface area (Å²) in [5.41, 5.74) is 3.19. The van der Waals surface area contributed by atoms with Crippen molar-refractivity contribution in [3.05, 3.63) is 40.4 Å². The van der Waals surface area contributed by atoms with Gasteiger partial charge in [0.15, 0.2) is 9.84 Å². The Balaban J connectivity index is 1.93. The lowest BCUT2D eigenvalue weighted by molar-refractivity contribution is -0.137. The van der Waals surface area contributed by atoms with E-state index in [9.17, 15) is 31.2 Å². The third-order valence-electron chi connectivity index (χ3n) is 3.64. The van der Waals surface area contributed by atoms with Gasteiger partial charge in [0.25, 0.3) is 5.91 Å². The number of carbonyl (C=O) groups excluding carboxylic acids is 2. The Hall–Kier alpha value is -2.07. The zero-order valence-corrected chi connectivity index (χ0v) is 14.7. The zero-order chi connectivity index (χ0) is 19.5. The number of hydrogen-bond donors (Lipinski definition) is 2. The van der Waals surface area contributed by atoms with E-state index in [4.69, 9.17) is 11.6 Å².